The van der Waals surface area contributed by atoms with E-state index in [2.05, 4.69) is 15.9 Å². The topological polar surface area (TPSA) is 81.8 Å². The van der Waals surface area contributed by atoms with Crippen LogP contribution in [0.25, 0.3) is 0 Å². The van der Waals surface area contributed by atoms with Gasteiger partial charge in [-0.25, -0.2) is 0 Å². The Morgan fingerprint density at radius 2 is 2.17 bits per heavy atom. The second-order valence-electron chi connectivity index (χ2n) is 3.68. The van der Waals surface area contributed by atoms with E-state index >= 15 is 0 Å². The second-order valence-corrected chi connectivity index (χ2v) is 4.53. The molecule has 0 saturated heterocycles. The number of hydrogen-bond donors (Lipinski definition) is 2. The lowest BCUT2D eigenvalue weighted by Crippen LogP contribution is -2.32. The molecule has 18 heavy (non-hydrogen) atoms. The molecule has 0 aliphatic rings. The zero-order chi connectivity index (χ0) is 13.7. The molecule has 5 nitrogen and oxygen atoms in total. The van der Waals surface area contributed by atoms with Gasteiger partial charge in [-0.15, -0.1) is 0 Å². The van der Waals surface area contributed by atoms with Gasteiger partial charge in [0, 0.05) is 12.5 Å². The van der Waals surface area contributed by atoms with Crippen LogP contribution in [0, 0.1) is 0 Å². The molecule has 0 amide bonds. The first-order valence-electron chi connectivity index (χ1n) is 5.47. The molecule has 0 aliphatic heterocycles. The Morgan fingerprint density at radius 3 is 2.67 bits per heavy atom. The Morgan fingerprint density at radius 1 is 1.50 bits per heavy atom. The summed E-state index contributed by atoms with van der Waals surface area (Å²) >= 11 is 3.35. The fourth-order valence-electron chi connectivity index (χ4n) is 1.51. The van der Waals surface area contributed by atoms with Crippen LogP contribution in [0.3, 0.4) is 0 Å². The number of rotatable bonds is 6. The smallest absolute Gasteiger partial charge is 0.320 e. The number of benzene rings is 1. The molecule has 0 radical (unpaired) electrons. The maximum Gasteiger partial charge on any atom is 0.320 e. The normalized spacial score (nSPS) is 12.0. The minimum absolute atomic E-state index is 0.202. The van der Waals surface area contributed by atoms with Crippen LogP contribution < -0.4 is 15.2 Å². The van der Waals surface area contributed by atoms with Crippen molar-refractivity contribution in [3.05, 3.63) is 22.2 Å². The molecule has 0 bridgehead atoms. The fourth-order valence-corrected chi connectivity index (χ4v) is 2.06. The predicted molar refractivity (Wildman–Crippen MR) is 71.2 cm³/mol. The number of halogens is 1. The number of carboxylic acid groups (broad SMARTS) is 1. The molecule has 0 aromatic heterocycles. The van der Waals surface area contributed by atoms with Gasteiger partial charge in [0.05, 0.1) is 18.2 Å². The van der Waals surface area contributed by atoms with Crippen molar-refractivity contribution >= 4 is 21.9 Å². The lowest BCUT2D eigenvalue weighted by atomic mass is 10.1. The number of methoxy groups -OCH3 is 1. The number of hydrogen-bond acceptors (Lipinski definition) is 4. The molecule has 0 heterocycles. The minimum atomic E-state index is -1.04. The third-order valence-corrected chi connectivity index (χ3v) is 3.01. The van der Waals surface area contributed by atoms with E-state index < -0.39 is 12.0 Å². The highest BCUT2D eigenvalue weighted by atomic mass is 79.9. The van der Waals surface area contributed by atoms with Gasteiger partial charge in [-0.05, 0) is 34.5 Å². The van der Waals surface area contributed by atoms with Crippen LogP contribution in [0.5, 0.6) is 11.5 Å². The van der Waals surface area contributed by atoms with E-state index in [1.54, 1.807) is 19.2 Å². The van der Waals surface area contributed by atoms with E-state index in [4.69, 9.17) is 20.3 Å². The summed E-state index contributed by atoms with van der Waals surface area (Å²) in [4.78, 5) is 10.8. The summed E-state index contributed by atoms with van der Waals surface area (Å²) in [6, 6.07) is 2.54. The van der Waals surface area contributed by atoms with Crippen molar-refractivity contribution in [2.75, 3.05) is 13.7 Å². The zero-order valence-corrected chi connectivity index (χ0v) is 11.9. The molecule has 6 heteroatoms. The van der Waals surface area contributed by atoms with Crippen molar-refractivity contribution in [1.82, 2.24) is 0 Å². The highest BCUT2D eigenvalue weighted by Gasteiger charge is 2.17. The molecule has 0 fully saturated rings. The average Bonchev–Trinajstić information content (AvgIpc) is 2.32. The summed E-state index contributed by atoms with van der Waals surface area (Å²) in [5, 5.41) is 8.83. The largest absolute Gasteiger partial charge is 0.495 e. The maximum atomic E-state index is 10.8. The molecular formula is C12H16BrNO4. The van der Waals surface area contributed by atoms with Crippen molar-refractivity contribution in [2.45, 2.75) is 19.4 Å². The van der Waals surface area contributed by atoms with E-state index in [1.165, 1.54) is 0 Å². The molecule has 1 rings (SSSR count). The first kappa shape index (κ1) is 14.8. The van der Waals surface area contributed by atoms with E-state index in [0.29, 0.717) is 18.1 Å². The quantitative estimate of drug-likeness (QED) is 0.836. The molecule has 0 aliphatic carbocycles. The number of carboxylic acids is 1. The van der Waals surface area contributed by atoms with Crippen LogP contribution in [-0.2, 0) is 11.2 Å². The highest BCUT2D eigenvalue weighted by molar-refractivity contribution is 9.10. The van der Waals surface area contributed by atoms with Crippen LogP contribution >= 0.6 is 15.9 Å². The summed E-state index contributed by atoms with van der Waals surface area (Å²) in [6.07, 6.45) is 0.202. The monoisotopic (exact) mass is 317 g/mol. The minimum Gasteiger partial charge on any atom is -0.495 e. The van der Waals surface area contributed by atoms with Crippen LogP contribution in [0.15, 0.2) is 16.6 Å². The summed E-state index contributed by atoms with van der Waals surface area (Å²) in [7, 11) is 1.55. The predicted octanol–water partition coefficient (Wildman–Crippen LogP) is 1.81. The molecule has 1 aromatic carbocycles. The van der Waals surface area contributed by atoms with E-state index in [0.717, 1.165) is 10.0 Å². The Hall–Kier alpha value is -1.27. The van der Waals surface area contributed by atoms with Gasteiger partial charge < -0.3 is 20.3 Å². The van der Waals surface area contributed by atoms with Crippen molar-refractivity contribution in [3.63, 3.8) is 0 Å². The Kier molecular flexibility index (Phi) is 5.43. The lowest BCUT2D eigenvalue weighted by Gasteiger charge is -2.15. The summed E-state index contributed by atoms with van der Waals surface area (Å²) in [5.74, 6) is 0.185. The molecule has 1 unspecified atom stereocenters. The van der Waals surface area contributed by atoms with Crippen LogP contribution in [0.1, 0.15) is 12.5 Å². The molecule has 3 N–H and O–H groups in total. The number of carbonyl (C=O) groups is 1. The van der Waals surface area contributed by atoms with Crippen molar-refractivity contribution < 1.29 is 19.4 Å². The molecule has 0 spiro atoms. The number of aliphatic carboxylic acids is 1. The third-order valence-electron chi connectivity index (χ3n) is 2.39. The number of ether oxygens (including phenoxy) is 2. The second kappa shape index (κ2) is 6.61. The summed E-state index contributed by atoms with van der Waals surface area (Å²) in [5.41, 5.74) is 6.27. The number of nitrogens with two attached hydrogens (primary N) is 1. The lowest BCUT2D eigenvalue weighted by molar-refractivity contribution is -0.138. The van der Waals surface area contributed by atoms with Gasteiger partial charge in [-0.2, -0.15) is 0 Å². The van der Waals surface area contributed by atoms with Gasteiger partial charge in [-0.3, -0.25) is 4.79 Å². The Bertz CT molecular complexity index is 436. The fraction of sp³-hybridized carbons (Fsp3) is 0.417. The Balaban J connectivity index is 3.08. The van der Waals surface area contributed by atoms with Crippen LogP contribution in [-0.4, -0.2) is 30.8 Å². The Labute approximate surface area is 114 Å². The summed E-state index contributed by atoms with van der Waals surface area (Å²) in [6.45, 7) is 2.34. The zero-order valence-electron chi connectivity index (χ0n) is 10.3. The SMILES string of the molecule is CCOc1cc(OC)c(Br)cc1CC(N)C(=O)O. The van der Waals surface area contributed by atoms with Gasteiger partial charge in [0.25, 0.3) is 0 Å². The molecular weight excluding hydrogens is 302 g/mol. The van der Waals surface area contributed by atoms with Gasteiger partial charge >= 0.3 is 5.97 Å². The first-order valence-corrected chi connectivity index (χ1v) is 6.26. The molecule has 1 atom stereocenters. The summed E-state index contributed by atoms with van der Waals surface area (Å²) < 4.78 is 11.4. The van der Waals surface area contributed by atoms with E-state index in [-0.39, 0.29) is 6.42 Å². The van der Waals surface area contributed by atoms with Crippen molar-refractivity contribution in [3.8, 4) is 11.5 Å². The average molecular weight is 318 g/mol. The van der Waals surface area contributed by atoms with Gasteiger partial charge in [-0.1, -0.05) is 0 Å². The van der Waals surface area contributed by atoms with Crippen LogP contribution in [0.4, 0.5) is 0 Å². The van der Waals surface area contributed by atoms with Crippen molar-refractivity contribution in [2.24, 2.45) is 5.73 Å². The van der Waals surface area contributed by atoms with Gasteiger partial charge in [0.1, 0.15) is 17.5 Å². The molecule has 100 valence electrons. The standard InChI is InChI=1S/C12H16BrNO4/c1-3-18-10-6-11(17-2)8(13)4-7(10)5-9(14)12(15)16/h4,6,9H,3,5,14H2,1-2H3,(H,15,16). The highest BCUT2D eigenvalue weighted by Crippen LogP contribution is 2.33. The van der Waals surface area contributed by atoms with E-state index in [1.807, 2.05) is 6.92 Å². The van der Waals surface area contributed by atoms with Gasteiger partial charge in [0.2, 0.25) is 0 Å². The molecule has 1 aromatic rings. The first-order chi connectivity index (χ1) is 8.49. The van der Waals surface area contributed by atoms with Gasteiger partial charge in [0.15, 0.2) is 0 Å². The third kappa shape index (κ3) is 3.61. The van der Waals surface area contributed by atoms with Crippen LogP contribution in [0.2, 0.25) is 0 Å². The maximum absolute atomic E-state index is 10.8. The van der Waals surface area contributed by atoms with E-state index in [9.17, 15) is 4.79 Å². The molecule has 0 saturated carbocycles. The van der Waals surface area contributed by atoms with Crippen molar-refractivity contribution in [1.29, 1.82) is 0 Å².